The minimum Gasteiger partial charge on any atom is -0.493 e. The average molecular weight is 366 g/mol. The minimum absolute atomic E-state index is 0.210. The minimum atomic E-state index is -0.210. The molecule has 140 valence electrons. The number of benzene rings is 2. The van der Waals surface area contributed by atoms with E-state index in [1.807, 2.05) is 48.0 Å². The zero-order valence-corrected chi connectivity index (χ0v) is 15.9. The first-order valence-corrected chi connectivity index (χ1v) is 8.60. The standard InChI is InChI=1S/C21H22N2O4/c1-5-23-13-16(14-9-7-6-8-10-14)22-21(23)19(24)15-11-17(25-2)20(27-4)18(12-15)26-3/h6-13H,5H2,1-4H3. The summed E-state index contributed by atoms with van der Waals surface area (Å²) >= 11 is 0. The normalized spacial score (nSPS) is 10.5. The van der Waals surface area contributed by atoms with Crippen LogP contribution in [-0.2, 0) is 6.54 Å². The molecule has 0 radical (unpaired) electrons. The van der Waals surface area contributed by atoms with E-state index in [4.69, 9.17) is 14.2 Å². The Labute approximate surface area is 158 Å². The largest absolute Gasteiger partial charge is 0.493 e. The number of methoxy groups -OCH3 is 3. The van der Waals surface area contributed by atoms with Crippen molar-refractivity contribution in [1.29, 1.82) is 0 Å². The molecule has 2 aromatic carbocycles. The maximum absolute atomic E-state index is 13.2. The predicted octanol–water partition coefficient (Wildman–Crippen LogP) is 3.83. The van der Waals surface area contributed by atoms with Crippen molar-refractivity contribution in [2.45, 2.75) is 13.5 Å². The van der Waals surface area contributed by atoms with Crippen LogP contribution in [0.5, 0.6) is 17.2 Å². The molecular formula is C21H22N2O4. The van der Waals surface area contributed by atoms with Crippen molar-refractivity contribution in [3.05, 3.63) is 60.0 Å². The summed E-state index contributed by atoms with van der Waals surface area (Å²) in [5, 5.41) is 0. The number of carbonyl (C=O) groups is 1. The summed E-state index contributed by atoms with van der Waals surface area (Å²) in [4.78, 5) is 17.8. The fourth-order valence-electron chi connectivity index (χ4n) is 2.93. The topological polar surface area (TPSA) is 62.6 Å². The van der Waals surface area contributed by atoms with Gasteiger partial charge in [0.2, 0.25) is 11.5 Å². The number of ether oxygens (including phenoxy) is 3. The molecule has 0 unspecified atom stereocenters. The molecule has 3 aromatic rings. The predicted molar refractivity (Wildman–Crippen MR) is 103 cm³/mol. The number of nitrogens with zero attached hydrogens (tertiary/aromatic N) is 2. The van der Waals surface area contributed by atoms with E-state index in [9.17, 15) is 4.79 Å². The van der Waals surface area contributed by atoms with Crippen LogP contribution in [0.2, 0.25) is 0 Å². The molecule has 0 aliphatic carbocycles. The molecule has 1 heterocycles. The van der Waals surface area contributed by atoms with Crippen LogP contribution in [-0.4, -0.2) is 36.7 Å². The Morgan fingerprint density at radius 3 is 2.15 bits per heavy atom. The monoisotopic (exact) mass is 366 g/mol. The Morgan fingerprint density at radius 1 is 1.00 bits per heavy atom. The fraction of sp³-hybridized carbons (Fsp3) is 0.238. The number of hydrogen-bond acceptors (Lipinski definition) is 5. The number of rotatable bonds is 7. The quantitative estimate of drug-likeness (QED) is 0.595. The molecule has 0 spiro atoms. The maximum atomic E-state index is 13.2. The lowest BCUT2D eigenvalue weighted by molar-refractivity contribution is 0.102. The van der Waals surface area contributed by atoms with Crippen molar-refractivity contribution in [3.8, 4) is 28.5 Å². The molecule has 0 aliphatic rings. The van der Waals surface area contributed by atoms with Gasteiger partial charge in [0.1, 0.15) is 0 Å². The molecule has 27 heavy (non-hydrogen) atoms. The van der Waals surface area contributed by atoms with Gasteiger partial charge in [-0.25, -0.2) is 4.98 Å². The third-order valence-electron chi connectivity index (χ3n) is 4.32. The van der Waals surface area contributed by atoms with Crippen LogP contribution in [0.4, 0.5) is 0 Å². The molecule has 0 saturated carbocycles. The van der Waals surface area contributed by atoms with E-state index < -0.39 is 0 Å². The molecular weight excluding hydrogens is 344 g/mol. The lowest BCUT2D eigenvalue weighted by Gasteiger charge is -2.13. The van der Waals surface area contributed by atoms with Crippen molar-refractivity contribution in [2.75, 3.05) is 21.3 Å². The number of imidazole rings is 1. The van der Waals surface area contributed by atoms with Crippen molar-refractivity contribution < 1.29 is 19.0 Å². The van der Waals surface area contributed by atoms with Gasteiger partial charge in [-0.15, -0.1) is 0 Å². The highest BCUT2D eigenvalue weighted by Crippen LogP contribution is 2.38. The summed E-state index contributed by atoms with van der Waals surface area (Å²) in [5.41, 5.74) is 2.14. The van der Waals surface area contributed by atoms with E-state index in [-0.39, 0.29) is 5.78 Å². The van der Waals surface area contributed by atoms with Crippen molar-refractivity contribution in [2.24, 2.45) is 0 Å². The van der Waals surface area contributed by atoms with Crippen LogP contribution in [0.3, 0.4) is 0 Å². The molecule has 6 nitrogen and oxygen atoms in total. The Hall–Kier alpha value is -3.28. The molecule has 3 rings (SSSR count). The fourth-order valence-corrected chi connectivity index (χ4v) is 2.93. The van der Waals surface area contributed by atoms with E-state index in [0.29, 0.717) is 35.2 Å². The lowest BCUT2D eigenvalue weighted by atomic mass is 10.1. The summed E-state index contributed by atoms with van der Waals surface area (Å²) in [6.45, 7) is 2.60. The van der Waals surface area contributed by atoms with E-state index in [2.05, 4.69) is 4.98 Å². The van der Waals surface area contributed by atoms with Gasteiger partial charge in [0.05, 0.1) is 27.0 Å². The van der Waals surface area contributed by atoms with Crippen LogP contribution < -0.4 is 14.2 Å². The third kappa shape index (κ3) is 3.51. The Morgan fingerprint density at radius 2 is 1.63 bits per heavy atom. The number of carbonyl (C=O) groups excluding carboxylic acids is 1. The first-order valence-electron chi connectivity index (χ1n) is 8.60. The summed E-state index contributed by atoms with van der Waals surface area (Å²) in [6.07, 6.45) is 1.89. The maximum Gasteiger partial charge on any atom is 0.228 e. The van der Waals surface area contributed by atoms with E-state index >= 15 is 0 Å². The van der Waals surface area contributed by atoms with Gasteiger partial charge in [-0.2, -0.15) is 0 Å². The van der Waals surface area contributed by atoms with E-state index in [1.54, 1.807) is 12.1 Å². The second-order valence-electron chi connectivity index (χ2n) is 5.84. The molecule has 0 aliphatic heterocycles. The summed E-state index contributed by atoms with van der Waals surface area (Å²) in [7, 11) is 4.57. The van der Waals surface area contributed by atoms with Crippen LogP contribution in [0.15, 0.2) is 48.7 Å². The molecule has 0 fully saturated rings. The summed E-state index contributed by atoms with van der Waals surface area (Å²) in [6, 6.07) is 13.1. The average Bonchev–Trinajstić information content (AvgIpc) is 3.17. The summed E-state index contributed by atoms with van der Waals surface area (Å²) in [5.74, 6) is 1.46. The third-order valence-corrected chi connectivity index (χ3v) is 4.32. The van der Waals surface area contributed by atoms with Gasteiger partial charge < -0.3 is 18.8 Å². The van der Waals surface area contributed by atoms with Gasteiger partial charge in [-0.05, 0) is 19.1 Å². The van der Waals surface area contributed by atoms with Gasteiger partial charge in [-0.1, -0.05) is 30.3 Å². The zero-order valence-electron chi connectivity index (χ0n) is 15.9. The second kappa shape index (κ2) is 7.95. The highest BCUT2D eigenvalue weighted by atomic mass is 16.5. The molecule has 0 atom stereocenters. The van der Waals surface area contributed by atoms with Gasteiger partial charge in [0.15, 0.2) is 17.3 Å². The molecule has 1 aromatic heterocycles. The highest BCUT2D eigenvalue weighted by Gasteiger charge is 2.22. The van der Waals surface area contributed by atoms with Crippen molar-refractivity contribution in [3.63, 3.8) is 0 Å². The number of hydrogen-bond donors (Lipinski definition) is 0. The van der Waals surface area contributed by atoms with Crippen LogP contribution in [0, 0.1) is 0 Å². The van der Waals surface area contributed by atoms with Crippen LogP contribution in [0.25, 0.3) is 11.3 Å². The van der Waals surface area contributed by atoms with Gasteiger partial charge in [-0.3, -0.25) is 4.79 Å². The molecule has 6 heteroatoms. The van der Waals surface area contributed by atoms with E-state index in [0.717, 1.165) is 11.3 Å². The number of aryl methyl sites for hydroxylation is 1. The molecule has 0 saturated heterocycles. The number of aromatic nitrogens is 2. The zero-order chi connectivity index (χ0) is 19.4. The lowest BCUT2D eigenvalue weighted by Crippen LogP contribution is -2.11. The molecule has 0 amide bonds. The molecule has 0 bridgehead atoms. The summed E-state index contributed by atoms with van der Waals surface area (Å²) < 4.78 is 17.9. The van der Waals surface area contributed by atoms with Crippen molar-refractivity contribution in [1.82, 2.24) is 9.55 Å². The van der Waals surface area contributed by atoms with Crippen molar-refractivity contribution >= 4 is 5.78 Å². The van der Waals surface area contributed by atoms with Gasteiger partial charge in [0, 0.05) is 23.9 Å². The molecule has 0 N–H and O–H groups in total. The first kappa shape index (κ1) is 18.5. The highest BCUT2D eigenvalue weighted by molar-refractivity contribution is 6.07. The van der Waals surface area contributed by atoms with E-state index in [1.165, 1.54) is 21.3 Å². The first-order chi connectivity index (χ1) is 13.1. The Bertz CT molecular complexity index is 923. The Balaban J connectivity index is 2.07. The van der Waals surface area contributed by atoms with Gasteiger partial charge >= 0.3 is 0 Å². The van der Waals surface area contributed by atoms with Gasteiger partial charge in [0.25, 0.3) is 0 Å². The smallest absolute Gasteiger partial charge is 0.228 e. The Kier molecular flexibility index (Phi) is 5.45. The second-order valence-corrected chi connectivity index (χ2v) is 5.84. The SMILES string of the molecule is CCn1cc(-c2ccccc2)nc1C(=O)c1cc(OC)c(OC)c(OC)c1. The van der Waals surface area contributed by atoms with Crippen LogP contribution in [0.1, 0.15) is 23.1 Å². The number of ketones is 1. The van der Waals surface area contributed by atoms with Crippen LogP contribution >= 0.6 is 0 Å².